The first-order valence-corrected chi connectivity index (χ1v) is 6.57. The molecule has 3 rings (SSSR count). The molecular formula is C11H16N8O. The van der Waals surface area contributed by atoms with Crippen molar-refractivity contribution in [2.75, 3.05) is 29.0 Å². The van der Waals surface area contributed by atoms with Gasteiger partial charge in [0.25, 0.3) is 0 Å². The zero-order chi connectivity index (χ0) is 13.8. The Balaban J connectivity index is 1.72. The molecule has 3 heterocycles. The smallest absolute Gasteiger partial charge is 0.231 e. The van der Waals surface area contributed by atoms with Gasteiger partial charge in [0.1, 0.15) is 0 Å². The number of anilines is 3. The molecule has 0 aliphatic carbocycles. The van der Waals surface area contributed by atoms with E-state index in [9.17, 15) is 0 Å². The fraction of sp³-hybridized carbons (Fsp3) is 0.545. The van der Waals surface area contributed by atoms with E-state index in [2.05, 4.69) is 39.8 Å². The van der Waals surface area contributed by atoms with Crippen molar-refractivity contribution < 1.29 is 4.52 Å². The molecule has 0 bridgehead atoms. The molecule has 0 spiro atoms. The summed E-state index contributed by atoms with van der Waals surface area (Å²) in [4.78, 5) is 18.7. The summed E-state index contributed by atoms with van der Waals surface area (Å²) in [7, 11) is 0. The van der Waals surface area contributed by atoms with Crippen LogP contribution in [-0.4, -0.2) is 38.2 Å². The fourth-order valence-corrected chi connectivity index (χ4v) is 2.12. The normalized spacial score (nSPS) is 15.3. The minimum absolute atomic E-state index is 0.205. The highest BCUT2D eigenvalue weighted by molar-refractivity contribution is 5.42. The highest BCUT2D eigenvalue weighted by atomic mass is 16.5. The Kier molecular flexibility index (Phi) is 3.57. The molecule has 1 aliphatic heterocycles. The second-order valence-electron chi connectivity index (χ2n) is 4.57. The number of hydrogen-bond donors (Lipinski definition) is 2. The van der Waals surface area contributed by atoms with Gasteiger partial charge in [0.15, 0.2) is 5.82 Å². The average Bonchev–Trinajstić information content (AvgIpc) is 2.99. The van der Waals surface area contributed by atoms with Crippen LogP contribution < -0.4 is 16.0 Å². The predicted molar refractivity (Wildman–Crippen MR) is 71.9 cm³/mol. The molecule has 9 nitrogen and oxygen atoms in total. The van der Waals surface area contributed by atoms with E-state index < -0.39 is 0 Å². The van der Waals surface area contributed by atoms with E-state index in [-0.39, 0.29) is 5.95 Å². The van der Waals surface area contributed by atoms with Gasteiger partial charge in [-0.05, 0) is 19.3 Å². The van der Waals surface area contributed by atoms with E-state index in [1.807, 2.05) is 0 Å². The van der Waals surface area contributed by atoms with E-state index in [1.165, 1.54) is 12.8 Å². The van der Waals surface area contributed by atoms with E-state index >= 15 is 0 Å². The molecule has 0 aromatic carbocycles. The summed E-state index contributed by atoms with van der Waals surface area (Å²) >= 11 is 0. The van der Waals surface area contributed by atoms with Crippen LogP contribution in [0.2, 0.25) is 0 Å². The Hall–Kier alpha value is -2.45. The molecule has 3 N–H and O–H groups in total. The fourth-order valence-electron chi connectivity index (χ4n) is 2.12. The van der Waals surface area contributed by atoms with E-state index in [0.29, 0.717) is 24.3 Å². The van der Waals surface area contributed by atoms with Gasteiger partial charge in [-0.3, -0.25) is 0 Å². The number of rotatable bonds is 4. The van der Waals surface area contributed by atoms with Crippen molar-refractivity contribution in [2.45, 2.75) is 25.8 Å². The van der Waals surface area contributed by atoms with Gasteiger partial charge in [-0.15, -0.1) is 0 Å². The molecule has 0 amide bonds. The molecule has 1 saturated heterocycles. The molecule has 106 valence electrons. The van der Waals surface area contributed by atoms with Crippen LogP contribution in [0.25, 0.3) is 0 Å². The largest absolute Gasteiger partial charge is 0.368 e. The first kappa shape index (κ1) is 12.6. The molecule has 2 aromatic heterocycles. The average molecular weight is 276 g/mol. The lowest BCUT2D eigenvalue weighted by atomic mass is 10.1. The third-order valence-electron chi connectivity index (χ3n) is 3.09. The van der Waals surface area contributed by atoms with Crippen LogP contribution in [0.5, 0.6) is 0 Å². The Morgan fingerprint density at radius 1 is 1.20 bits per heavy atom. The second-order valence-corrected chi connectivity index (χ2v) is 4.57. The standard InChI is InChI=1S/C11H16N8O/c12-9-15-10(13-6-8-14-7-20-18-8)17-11(16-9)19-4-2-1-3-5-19/h7H,1-6H2,(H3,12,13,15,16,17). The minimum Gasteiger partial charge on any atom is -0.368 e. The highest BCUT2D eigenvalue weighted by Gasteiger charge is 2.15. The molecule has 0 unspecified atom stereocenters. The van der Waals surface area contributed by atoms with E-state index in [0.717, 1.165) is 25.9 Å². The number of nitrogen functional groups attached to an aromatic ring is 1. The number of nitrogens with two attached hydrogens (primary N) is 1. The summed E-state index contributed by atoms with van der Waals surface area (Å²) in [5.41, 5.74) is 5.74. The number of aromatic nitrogens is 5. The van der Waals surface area contributed by atoms with Crippen molar-refractivity contribution >= 4 is 17.8 Å². The van der Waals surface area contributed by atoms with Gasteiger partial charge in [-0.1, -0.05) is 5.16 Å². The van der Waals surface area contributed by atoms with Crippen molar-refractivity contribution in [3.8, 4) is 0 Å². The molecule has 0 saturated carbocycles. The minimum atomic E-state index is 0.205. The monoisotopic (exact) mass is 276 g/mol. The summed E-state index contributed by atoms with van der Waals surface area (Å²) < 4.78 is 4.66. The molecule has 0 atom stereocenters. The van der Waals surface area contributed by atoms with Gasteiger partial charge in [-0.2, -0.15) is 19.9 Å². The number of nitrogens with one attached hydrogen (secondary N) is 1. The highest BCUT2D eigenvalue weighted by Crippen LogP contribution is 2.17. The maximum Gasteiger partial charge on any atom is 0.231 e. The van der Waals surface area contributed by atoms with Crippen molar-refractivity contribution in [3.05, 3.63) is 12.2 Å². The van der Waals surface area contributed by atoms with Crippen molar-refractivity contribution in [1.82, 2.24) is 25.1 Å². The Morgan fingerprint density at radius 3 is 2.80 bits per heavy atom. The van der Waals surface area contributed by atoms with Crippen molar-refractivity contribution in [1.29, 1.82) is 0 Å². The summed E-state index contributed by atoms with van der Waals surface area (Å²) in [5.74, 6) is 1.77. The second kappa shape index (κ2) is 5.68. The number of hydrogen-bond acceptors (Lipinski definition) is 9. The first-order chi connectivity index (χ1) is 9.81. The van der Waals surface area contributed by atoms with Crippen LogP contribution in [0.3, 0.4) is 0 Å². The van der Waals surface area contributed by atoms with Gasteiger partial charge in [-0.25, -0.2) is 0 Å². The summed E-state index contributed by atoms with van der Waals surface area (Å²) in [6, 6.07) is 0. The van der Waals surface area contributed by atoms with Crippen molar-refractivity contribution in [2.24, 2.45) is 0 Å². The lowest BCUT2D eigenvalue weighted by molar-refractivity contribution is 0.411. The molecule has 9 heteroatoms. The quantitative estimate of drug-likeness (QED) is 0.819. The van der Waals surface area contributed by atoms with Crippen LogP contribution >= 0.6 is 0 Å². The Morgan fingerprint density at radius 2 is 2.05 bits per heavy atom. The Labute approximate surface area is 115 Å². The zero-order valence-electron chi connectivity index (χ0n) is 11.0. The van der Waals surface area contributed by atoms with E-state index in [1.54, 1.807) is 0 Å². The molecule has 0 radical (unpaired) electrons. The van der Waals surface area contributed by atoms with Gasteiger partial charge >= 0.3 is 0 Å². The SMILES string of the molecule is Nc1nc(NCc2ncon2)nc(N2CCCCC2)n1. The summed E-state index contributed by atoms with van der Waals surface area (Å²) in [5, 5.41) is 6.72. The van der Waals surface area contributed by atoms with E-state index in [4.69, 9.17) is 5.73 Å². The summed E-state index contributed by atoms with van der Waals surface area (Å²) in [6.07, 6.45) is 4.83. The predicted octanol–water partition coefficient (Wildman–Crippen LogP) is 0.439. The van der Waals surface area contributed by atoms with Crippen LogP contribution in [0.15, 0.2) is 10.9 Å². The van der Waals surface area contributed by atoms with Gasteiger partial charge in [0.2, 0.25) is 24.2 Å². The van der Waals surface area contributed by atoms with Crippen LogP contribution in [0.4, 0.5) is 17.8 Å². The topological polar surface area (TPSA) is 119 Å². The third-order valence-corrected chi connectivity index (χ3v) is 3.09. The van der Waals surface area contributed by atoms with Gasteiger partial charge in [0.05, 0.1) is 6.54 Å². The maximum atomic E-state index is 5.74. The number of nitrogens with zero attached hydrogens (tertiary/aromatic N) is 6. The molecule has 2 aromatic rings. The summed E-state index contributed by atoms with van der Waals surface area (Å²) in [6.45, 7) is 2.28. The maximum absolute atomic E-state index is 5.74. The molecule has 1 aliphatic rings. The Bertz CT molecular complexity index is 552. The molecule has 20 heavy (non-hydrogen) atoms. The van der Waals surface area contributed by atoms with Gasteiger partial charge in [0, 0.05) is 13.1 Å². The molecular weight excluding hydrogens is 260 g/mol. The zero-order valence-corrected chi connectivity index (χ0v) is 11.0. The lowest BCUT2D eigenvalue weighted by Crippen LogP contribution is -2.31. The molecule has 1 fully saturated rings. The van der Waals surface area contributed by atoms with Crippen LogP contribution in [-0.2, 0) is 6.54 Å². The van der Waals surface area contributed by atoms with Crippen LogP contribution in [0, 0.1) is 0 Å². The third kappa shape index (κ3) is 2.92. The first-order valence-electron chi connectivity index (χ1n) is 6.57. The van der Waals surface area contributed by atoms with Crippen molar-refractivity contribution in [3.63, 3.8) is 0 Å². The van der Waals surface area contributed by atoms with Crippen LogP contribution in [0.1, 0.15) is 25.1 Å². The lowest BCUT2D eigenvalue weighted by Gasteiger charge is -2.26. The number of piperidine rings is 1. The van der Waals surface area contributed by atoms with Gasteiger partial charge < -0.3 is 20.5 Å².